The number of benzene rings is 1. The van der Waals surface area contributed by atoms with E-state index in [-0.39, 0.29) is 6.07 Å². The molecule has 0 spiro atoms. The van der Waals surface area contributed by atoms with Crippen molar-refractivity contribution in [2.75, 3.05) is 0 Å². The Labute approximate surface area is 100 Å². The first-order valence-corrected chi connectivity index (χ1v) is 4.64. The highest BCUT2D eigenvalue weighted by Gasteiger charge is 2.57. The van der Waals surface area contributed by atoms with E-state index in [1.54, 1.807) is 0 Å². The first kappa shape index (κ1) is 15.6. The third kappa shape index (κ3) is 3.77. The minimum atomic E-state index is -5.72. The standard InChI is InChI=1S/C10H5F9/c11-8(12,13)6-3-1-2-5(4-6)7(9(14,15)16)10(17,18)19/h1-4,7H. The van der Waals surface area contributed by atoms with Gasteiger partial charge in [-0.05, 0) is 11.6 Å². The third-order valence-corrected chi connectivity index (χ3v) is 2.20. The molecule has 0 radical (unpaired) electrons. The number of halogens is 9. The molecule has 0 atom stereocenters. The molecule has 0 fully saturated rings. The van der Waals surface area contributed by atoms with Crippen LogP contribution in [0.3, 0.4) is 0 Å². The summed E-state index contributed by atoms with van der Waals surface area (Å²) >= 11 is 0. The lowest BCUT2D eigenvalue weighted by molar-refractivity contribution is -0.253. The molecule has 19 heavy (non-hydrogen) atoms. The van der Waals surface area contributed by atoms with Crippen molar-refractivity contribution in [1.29, 1.82) is 0 Å². The Morgan fingerprint density at radius 1 is 0.737 bits per heavy atom. The lowest BCUT2D eigenvalue weighted by Gasteiger charge is -2.23. The van der Waals surface area contributed by atoms with Gasteiger partial charge in [0, 0.05) is 0 Å². The fourth-order valence-corrected chi connectivity index (χ4v) is 1.46. The van der Waals surface area contributed by atoms with Crippen LogP contribution in [0.25, 0.3) is 0 Å². The molecule has 0 amide bonds. The molecule has 0 aliphatic carbocycles. The van der Waals surface area contributed by atoms with Gasteiger partial charge < -0.3 is 0 Å². The van der Waals surface area contributed by atoms with Gasteiger partial charge in [-0.15, -0.1) is 0 Å². The first-order valence-electron chi connectivity index (χ1n) is 4.64. The van der Waals surface area contributed by atoms with Crippen molar-refractivity contribution in [1.82, 2.24) is 0 Å². The Balaban J connectivity index is 3.34. The summed E-state index contributed by atoms with van der Waals surface area (Å²) < 4.78 is 111. The molecular formula is C10H5F9. The number of rotatable bonds is 1. The maximum Gasteiger partial charge on any atom is 0.416 e. The maximum absolute atomic E-state index is 12.3. The molecule has 1 aromatic carbocycles. The summed E-state index contributed by atoms with van der Waals surface area (Å²) in [6, 6.07) is 1.11. The van der Waals surface area contributed by atoms with Crippen molar-refractivity contribution in [2.45, 2.75) is 24.4 Å². The highest BCUT2D eigenvalue weighted by Crippen LogP contribution is 2.47. The zero-order valence-electron chi connectivity index (χ0n) is 8.79. The molecule has 0 bridgehead atoms. The molecule has 0 saturated heterocycles. The largest absolute Gasteiger partial charge is 0.416 e. The fraction of sp³-hybridized carbons (Fsp3) is 0.400. The van der Waals surface area contributed by atoms with Crippen LogP contribution in [0, 0.1) is 0 Å². The summed E-state index contributed by atoms with van der Waals surface area (Å²) in [4.78, 5) is 0. The van der Waals surface area contributed by atoms with Crippen LogP contribution < -0.4 is 0 Å². The minimum absolute atomic E-state index is 0.147. The molecule has 0 aromatic heterocycles. The highest BCUT2D eigenvalue weighted by atomic mass is 19.4. The normalized spacial score (nSPS) is 14.0. The van der Waals surface area contributed by atoms with E-state index in [1.807, 2.05) is 0 Å². The molecule has 0 saturated carbocycles. The van der Waals surface area contributed by atoms with Gasteiger partial charge in [0.05, 0.1) is 5.56 Å². The van der Waals surface area contributed by atoms with Gasteiger partial charge in [-0.25, -0.2) is 0 Å². The van der Waals surface area contributed by atoms with Gasteiger partial charge in [0.1, 0.15) is 0 Å². The monoisotopic (exact) mass is 296 g/mol. The summed E-state index contributed by atoms with van der Waals surface area (Å²) in [5.74, 6) is -3.94. The van der Waals surface area contributed by atoms with E-state index in [9.17, 15) is 39.5 Å². The van der Waals surface area contributed by atoms with Crippen LogP contribution in [0.15, 0.2) is 24.3 Å². The van der Waals surface area contributed by atoms with Crippen LogP contribution in [0.5, 0.6) is 0 Å². The van der Waals surface area contributed by atoms with E-state index in [0.717, 1.165) is 0 Å². The van der Waals surface area contributed by atoms with Crippen molar-refractivity contribution >= 4 is 0 Å². The van der Waals surface area contributed by atoms with E-state index in [4.69, 9.17) is 0 Å². The second-order valence-electron chi connectivity index (χ2n) is 3.64. The van der Waals surface area contributed by atoms with Crippen LogP contribution in [-0.2, 0) is 6.18 Å². The van der Waals surface area contributed by atoms with E-state index < -0.39 is 35.6 Å². The van der Waals surface area contributed by atoms with Crippen LogP contribution in [0.1, 0.15) is 17.0 Å². The fourth-order valence-electron chi connectivity index (χ4n) is 1.46. The lowest BCUT2D eigenvalue weighted by atomic mass is 9.96. The van der Waals surface area contributed by atoms with E-state index in [2.05, 4.69) is 0 Å². The molecule has 0 aliphatic heterocycles. The Morgan fingerprint density at radius 3 is 1.58 bits per heavy atom. The highest BCUT2D eigenvalue weighted by molar-refractivity contribution is 5.30. The summed E-state index contributed by atoms with van der Waals surface area (Å²) in [6.45, 7) is 0. The van der Waals surface area contributed by atoms with Crippen LogP contribution in [-0.4, -0.2) is 12.4 Å². The van der Waals surface area contributed by atoms with Crippen LogP contribution in [0.4, 0.5) is 39.5 Å². The Kier molecular flexibility index (Phi) is 3.79. The molecule has 1 rings (SSSR count). The Bertz CT molecular complexity index is 424. The Morgan fingerprint density at radius 2 is 1.21 bits per heavy atom. The average Bonchev–Trinajstić information content (AvgIpc) is 2.11. The molecule has 0 aliphatic rings. The maximum atomic E-state index is 12.3. The SMILES string of the molecule is FC(F)(F)c1cccc(C(C(F)(F)F)C(F)(F)F)c1. The minimum Gasteiger partial charge on any atom is -0.170 e. The predicted octanol–water partition coefficient (Wildman–Crippen LogP) is 4.91. The second-order valence-corrected chi connectivity index (χ2v) is 3.64. The zero-order chi connectivity index (χ0) is 15.1. The van der Waals surface area contributed by atoms with E-state index in [0.29, 0.717) is 18.2 Å². The summed E-state index contributed by atoms with van der Waals surface area (Å²) in [5, 5.41) is 0. The van der Waals surface area contributed by atoms with Gasteiger partial charge in [0.15, 0.2) is 5.92 Å². The van der Waals surface area contributed by atoms with Gasteiger partial charge >= 0.3 is 18.5 Å². The van der Waals surface area contributed by atoms with Crippen LogP contribution in [0.2, 0.25) is 0 Å². The second kappa shape index (κ2) is 4.61. The zero-order valence-corrected chi connectivity index (χ0v) is 8.79. The quantitative estimate of drug-likeness (QED) is 0.646. The van der Waals surface area contributed by atoms with Gasteiger partial charge in [0.2, 0.25) is 0 Å². The molecule has 9 heteroatoms. The first-order chi connectivity index (χ1) is 8.33. The van der Waals surface area contributed by atoms with Gasteiger partial charge in [-0.3, -0.25) is 0 Å². The molecule has 0 heterocycles. The van der Waals surface area contributed by atoms with Crippen molar-refractivity contribution in [3.63, 3.8) is 0 Å². The number of hydrogen-bond acceptors (Lipinski definition) is 0. The molecule has 108 valence electrons. The summed E-state index contributed by atoms with van der Waals surface area (Å²) in [5.41, 5.74) is -3.06. The number of hydrogen-bond donors (Lipinski definition) is 0. The number of alkyl halides is 9. The van der Waals surface area contributed by atoms with Crippen molar-refractivity contribution < 1.29 is 39.5 Å². The summed E-state index contributed by atoms with van der Waals surface area (Å²) in [7, 11) is 0. The molecule has 0 unspecified atom stereocenters. The lowest BCUT2D eigenvalue weighted by Crippen LogP contribution is -2.34. The summed E-state index contributed by atoms with van der Waals surface area (Å²) in [6.07, 6.45) is -16.5. The third-order valence-electron chi connectivity index (χ3n) is 2.20. The molecule has 0 nitrogen and oxygen atoms in total. The van der Waals surface area contributed by atoms with Crippen molar-refractivity contribution in [3.8, 4) is 0 Å². The van der Waals surface area contributed by atoms with Gasteiger partial charge in [-0.1, -0.05) is 18.2 Å². The van der Waals surface area contributed by atoms with E-state index >= 15 is 0 Å². The van der Waals surface area contributed by atoms with Gasteiger partial charge in [0.25, 0.3) is 0 Å². The van der Waals surface area contributed by atoms with Crippen molar-refractivity contribution in [2.24, 2.45) is 0 Å². The van der Waals surface area contributed by atoms with Gasteiger partial charge in [-0.2, -0.15) is 39.5 Å². The topological polar surface area (TPSA) is 0 Å². The molecule has 0 N–H and O–H groups in total. The predicted molar refractivity (Wildman–Crippen MR) is 46.3 cm³/mol. The van der Waals surface area contributed by atoms with E-state index in [1.165, 1.54) is 0 Å². The van der Waals surface area contributed by atoms with Crippen LogP contribution >= 0.6 is 0 Å². The smallest absolute Gasteiger partial charge is 0.170 e. The Hall–Kier alpha value is -1.41. The molecular weight excluding hydrogens is 291 g/mol. The molecule has 1 aromatic rings. The average molecular weight is 296 g/mol. The van der Waals surface area contributed by atoms with Crippen molar-refractivity contribution in [3.05, 3.63) is 35.4 Å².